The van der Waals surface area contributed by atoms with Gasteiger partial charge in [0.05, 0.1) is 17.2 Å². The minimum atomic E-state index is -5.20. The van der Waals surface area contributed by atoms with E-state index in [0.717, 1.165) is 11.0 Å². The molecule has 2 aromatic carbocycles. The van der Waals surface area contributed by atoms with Crippen LogP contribution in [0.4, 0.5) is 35.5 Å². The molecule has 1 aliphatic heterocycles. The minimum absolute atomic E-state index is 0.0883. The molecule has 1 unspecified atom stereocenters. The predicted octanol–water partition coefficient (Wildman–Crippen LogP) is 5.06. The molecule has 4 nitrogen and oxygen atoms in total. The monoisotopic (exact) mass is 463 g/mol. The lowest BCUT2D eigenvalue weighted by Gasteiger charge is -2.38. The van der Waals surface area contributed by atoms with E-state index in [9.17, 15) is 35.5 Å². The van der Waals surface area contributed by atoms with Crippen LogP contribution in [0.1, 0.15) is 28.3 Å². The Morgan fingerprint density at radius 3 is 2.25 bits per heavy atom. The van der Waals surface area contributed by atoms with E-state index in [2.05, 4.69) is 5.32 Å². The van der Waals surface area contributed by atoms with Crippen molar-refractivity contribution in [3.8, 4) is 0 Å². The highest BCUT2D eigenvalue weighted by molar-refractivity contribution is 5.75. The predicted molar refractivity (Wildman–Crippen MR) is 102 cm³/mol. The number of alkyl halides is 6. The molecule has 0 aliphatic carbocycles. The summed E-state index contributed by atoms with van der Waals surface area (Å²) < 4.78 is 91.7. The first-order chi connectivity index (χ1) is 14.9. The van der Waals surface area contributed by atoms with E-state index in [1.165, 1.54) is 24.1 Å². The Balaban J connectivity index is 1.82. The number of hydrogen-bond donors (Lipinski definition) is 1. The Kier molecular flexibility index (Phi) is 6.68. The topological polar surface area (TPSA) is 35.6 Å². The first-order valence-corrected chi connectivity index (χ1v) is 9.63. The van der Waals surface area contributed by atoms with Crippen molar-refractivity contribution in [2.45, 2.75) is 24.9 Å². The number of carbonyl (C=O) groups is 1. The van der Waals surface area contributed by atoms with Crippen molar-refractivity contribution in [2.24, 2.45) is 0 Å². The highest BCUT2D eigenvalue weighted by Crippen LogP contribution is 2.40. The molecule has 0 bridgehead atoms. The third-order valence-corrected chi connectivity index (χ3v) is 5.18. The minimum Gasteiger partial charge on any atom is -0.323 e. The van der Waals surface area contributed by atoms with E-state index in [1.54, 1.807) is 12.1 Å². The van der Waals surface area contributed by atoms with Gasteiger partial charge in [0.2, 0.25) is 0 Å². The van der Waals surface area contributed by atoms with Crippen LogP contribution in [-0.4, -0.2) is 42.5 Å². The van der Waals surface area contributed by atoms with Crippen LogP contribution in [0.3, 0.4) is 0 Å². The standard InChI is InChI=1S/C21H20F7N3O/c1-30(12-13-2-7-16(20(23,24)25)17(10-13)21(26,27)28)19(32)31-9-8-29-11-18(31)14-3-5-15(22)6-4-14/h2-7,10,18,29H,8-9,11-12H2,1H3. The summed E-state index contributed by atoms with van der Waals surface area (Å²) in [4.78, 5) is 15.7. The molecule has 0 radical (unpaired) electrons. The lowest BCUT2D eigenvalue weighted by Crippen LogP contribution is -2.52. The second-order valence-electron chi connectivity index (χ2n) is 7.48. The highest BCUT2D eigenvalue weighted by atomic mass is 19.4. The molecule has 2 aromatic rings. The van der Waals surface area contributed by atoms with Crippen LogP contribution in [-0.2, 0) is 18.9 Å². The molecule has 1 fully saturated rings. The molecule has 174 valence electrons. The van der Waals surface area contributed by atoms with Gasteiger partial charge in [-0.25, -0.2) is 9.18 Å². The van der Waals surface area contributed by atoms with Gasteiger partial charge in [-0.2, -0.15) is 26.3 Å². The number of piperazine rings is 1. The summed E-state index contributed by atoms with van der Waals surface area (Å²) in [6.07, 6.45) is -10.4. The maximum atomic E-state index is 13.2. The number of nitrogens with one attached hydrogen (secondary N) is 1. The van der Waals surface area contributed by atoms with Crippen LogP contribution in [0, 0.1) is 5.82 Å². The molecule has 0 spiro atoms. The van der Waals surface area contributed by atoms with Crippen molar-refractivity contribution in [1.82, 2.24) is 15.1 Å². The number of rotatable bonds is 3. The number of urea groups is 1. The first kappa shape index (κ1) is 23.8. The molecule has 1 N–H and O–H groups in total. The molecule has 3 rings (SSSR count). The lowest BCUT2D eigenvalue weighted by atomic mass is 10.0. The van der Waals surface area contributed by atoms with E-state index in [4.69, 9.17) is 0 Å². The van der Waals surface area contributed by atoms with Crippen molar-refractivity contribution in [1.29, 1.82) is 0 Å². The van der Waals surface area contributed by atoms with E-state index in [-0.39, 0.29) is 12.1 Å². The molecule has 1 atom stereocenters. The maximum Gasteiger partial charge on any atom is 0.417 e. The van der Waals surface area contributed by atoms with Gasteiger partial charge in [0.1, 0.15) is 5.82 Å². The normalized spacial score (nSPS) is 17.4. The molecule has 11 heteroatoms. The van der Waals surface area contributed by atoms with Gasteiger partial charge < -0.3 is 15.1 Å². The van der Waals surface area contributed by atoms with Crippen molar-refractivity contribution < 1.29 is 35.5 Å². The van der Waals surface area contributed by atoms with Crippen molar-refractivity contribution >= 4 is 6.03 Å². The van der Waals surface area contributed by atoms with Crippen LogP contribution in [0.25, 0.3) is 0 Å². The number of nitrogens with zero attached hydrogens (tertiary/aromatic N) is 2. The summed E-state index contributed by atoms with van der Waals surface area (Å²) in [5, 5.41) is 3.13. The van der Waals surface area contributed by atoms with Gasteiger partial charge in [-0.05, 0) is 35.4 Å². The van der Waals surface area contributed by atoms with Gasteiger partial charge in [-0.3, -0.25) is 0 Å². The Hall–Kier alpha value is -2.82. The van der Waals surface area contributed by atoms with E-state index < -0.39 is 41.4 Å². The second-order valence-corrected chi connectivity index (χ2v) is 7.48. The molecule has 32 heavy (non-hydrogen) atoms. The van der Waals surface area contributed by atoms with Gasteiger partial charge >= 0.3 is 18.4 Å². The van der Waals surface area contributed by atoms with Gasteiger partial charge in [0.15, 0.2) is 0 Å². The van der Waals surface area contributed by atoms with E-state index >= 15 is 0 Å². The van der Waals surface area contributed by atoms with E-state index in [1.807, 2.05) is 0 Å². The fourth-order valence-corrected chi connectivity index (χ4v) is 3.65. The molecule has 1 aliphatic rings. The quantitative estimate of drug-likeness (QED) is 0.646. The molecule has 0 saturated carbocycles. The average Bonchev–Trinajstić information content (AvgIpc) is 2.72. The summed E-state index contributed by atoms with van der Waals surface area (Å²) >= 11 is 0. The molecule has 0 aromatic heterocycles. The summed E-state index contributed by atoms with van der Waals surface area (Å²) in [6, 6.07) is 6.39. The summed E-state index contributed by atoms with van der Waals surface area (Å²) in [7, 11) is 1.36. The Bertz CT molecular complexity index is 957. The fraction of sp³-hybridized carbons (Fsp3) is 0.381. The van der Waals surface area contributed by atoms with Crippen LogP contribution in [0.2, 0.25) is 0 Å². The van der Waals surface area contributed by atoms with Gasteiger partial charge in [-0.1, -0.05) is 18.2 Å². The zero-order chi connectivity index (χ0) is 23.7. The molecular formula is C21H20F7N3O. The molecular weight excluding hydrogens is 443 g/mol. The third-order valence-electron chi connectivity index (χ3n) is 5.18. The van der Waals surface area contributed by atoms with Crippen LogP contribution in [0.15, 0.2) is 42.5 Å². The largest absolute Gasteiger partial charge is 0.417 e. The zero-order valence-corrected chi connectivity index (χ0v) is 16.9. The zero-order valence-electron chi connectivity index (χ0n) is 16.9. The first-order valence-electron chi connectivity index (χ1n) is 9.63. The summed E-state index contributed by atoms with van der Waals surface area (Å²) in [5.41, 5.74) is -2.99. The third kappa shape index (κ3) is 5.32. The van der Waals surface area contributed by atoms with Crippen molar-refractivity contribution in [3.63, 3.8) is 0 Å². The second kappa shape index (κ2) is 8.97. The van der Waals surface area contributed by atoms with Crippen LogP contribution in [0.5, 0.6) is 0 Å². The SMILES string of the molecule is CN(Cc1ccc(C(F)(F)F)c(C(F)(F)F)c1)C(=O)N1CCNCC1c1ccc(F)cc1. The Morgan fingerprint density at radius 1 is 1.03 bits per heavy atom. The Labute approximate surface area is 179 Å². The number of benzene rings is 2. The summed E-state index contributed by atoms with van der Waals surface area (Å²) in [6.45, 7) is 0.853. The summed E-state index contributed by atoms with van der Waals surface area (Å²) in [5.74, 6) is -0.435. The van der Waals surface area contributed by atoms with Crippen molar-refractivity contribution in [2.75, 3.05) is 26.7 Å². The average molecular weight is 463 g/mol. The van der Waals surface area contributed by atoms with Gasteiger partial charge in [0, 0.05) is 33.2 Å². The highest BCUT2D eigenvalue weighted by Gasteiger charge is 2.43. The number of amides is 2. The number of hydrogen-bond acceptors (Lipinski definition) is 2. The lowest BCUT2D eigenvalue weighted by molar-refractivity contribution is -0.162. The molecule has 2 amide bonds. The van der Waals surface area contributed by atoms with Crippen LogP contribution < -0.4 is 5.32 Å². The fourth-order valence-electron chi connectivity index (χ4n) is 3.65. The van der Waals surface area contributed by atoms with Gasteiger partial charge in [-0.15, -0.1) is 0 Å². The number of halogens is 7. The van der Waals surface area contributed by atoms with Crippen molar-refractivity contribution in [3.05, 3.63) is 70.5 Å². The maximum absolute atomic E-state index is 13.2. The van der Waals surface area contributed by atoms with Crippen LogP contribution >= 0.6 is 0 Å². The molecule has 1 saturated heterocycles. The Morgan fingerprint density at radius 2 is 1.66 bits per heavy atom. The smallest absolute Gasteiger partial charge is 0.323 e. The molecule has 1 heterocycles. The number of carbonyl (C=O) groups excluding carboxylic acids is 1. The van der Waals surface area contributed by atoms with Gasteiger partial charge in [0.25, 0.3) is 0 Å². The van der Waals surface area contributed by atoms with E-state index in [0.29, 0.717) is 37.3 Å².